The Bertz CT molecular complexity index is 287. The van der Waals surface area contributed by atoms with Crippen molar-refractivity contribution in [3.63, 3.8) is 0 Å². The van der Waals surface area contributed by atoms with Crippen molar-refractivity contribution < 1.29 is 0 Å². The molecule has 1 saturated carbocycles. The maximum Gasteiger partial charge on any atom is 0.0198 e. The second-order valence-corrected chi connectivity index (χ2v) is 8.15. The highest BCUT2D eigenvalue weighted by atomic mass is 15.2. The molecular formula is C18H36N2. The molecule has 1 saturated heterocycles. The predicted octanol–water partition coefficient (Wildman–Crippen LogP) is 3.77. The predicted molar refractivity (Wildman–Crippen MR) is 87.9 cm³/mol. The van der Waals surface area contributed by atoms with E-state index < -0.39 is 0 Å². The van der Waals surface area contributed by atoms with Gasteiger partial charge in [-0.25, -0.2) is 0 Å². The zero-order chi connectivity index (χ0) is 14.7. The van der Waals surface area contributed by atoms with Crippen LogP contribution in [-0.2, 0) is 0 Å². The van der Waals surface area contributed by atoms with E-state index >= 15 is 0 Å². The molecule has 1 aliphatic carbocycles. The smallest absolute Gasteiger partial charge is 0.0198 e. The summed E-state index contributed by atoms with van der Waals surface area (Å²) in [6.45, 7) is 15.7. The van der Waals surface area contributed by atoms with Crippen LogP contribution in [0, 0.1) is 23.7 Å². The number of hydrogen-bond donors (Lipinski definition) is 1. The topological polar surface area (TPSA) is 15.3 Å². The van der Waals surface area contributed by atoms with Gasteiger partial charge in [0.2, 0.25) is 0 Å². The summed E-state index contributed by atoms with van der Waals surface area (Å²) < 4.78 is 0. The summed E-state index contributed by atoms with van der Waals surface area (Å²) in [6.07, 6.45) is 5.57. The minimum atomic E-state index is 0.725. The maximum atomic E-state index is 3.84. The lowest BCUT2D eigenvalue weighted by Crippen LogP contribution is -2.57. The van der Waals surface area contributed by atoms with Crippen molar-refractivity contribution >= 4 is 0 Å². The average molecular weight is 280 g/mol. The molecule has 0 aromatic carbocycles. The molecule has 2 heteroatoms. The van der Waals surface area contributed by atoms with E-state index in [0.717, 1.165) is 35.8 Å². The van der Waals surface area contributed by atoms with Gasteiger partial charge in [0.05, 0.1) is 0 Å². The summed E-state index contributed by atoms with van der Waals surface area (Å²) in [5.74, 6) is 3.45. The Kier molecular flexibility index (Phi) is 5.92. The Labute approximate surface area is 126 Å². The molecule has 0 aromatic heterocycles. The van der Waals surface area contributed by atoms with Crippen LogP contribution < -0.4 is 5.32 Å². The van der Waals surface area contributed by atoms with E-state index in [9.17, 15) is 0 Å². The lowest BCUT2D eigenvalue weighted by molar-refractivity contribution is 0.0131. The standard InChI is InChI=1S/C18H36N2/c1-13(2)8-9-19-17-10-16(14(3)4)11-20(12-17)18-7-6-15(18)5/h13-19H,6-12H2,1-5H3. The van der Waals surface area contributed by atoms with E-state index in [-0.39, 0.29) is 0 Å². The van der Waals surface area contributed by atoms with Crippen molar-refractivity contribution in [1.82, 2.24) is 10.2 Å². The van der Waals surface area contributed by atoms with Gasteiger partial charge in [-0.3, -0.25) is 4.90 Å². The molecule has 0 aromatic rings. The number of hydrogen-bond acceptors (Lipinski definition) is 2. The molecule has 20 heavy (non-hydrogen) atoms. The van der Waals surface area contributed by atoms with Gasteiger partial charge in [-0.2, -0.15) is 0 Å². The number of nitrogens with zero attached hydrogens (tertiary/aromatic N) is 1. The molecule has 0 amide bonds. The Hall–Kier alpha value is -0.0800. The third kappa shape index (κ3) is 4.21. The Morgan fingerprint density at radius 1 is 1.10 bits per heavy atom. The zero-order valence-electron chi connectivity index (χ0n) is 14.4. The normalized spacial score (nSPS) is 35.5. The van der Waals surface area contributed by atoms with Gasteiger partial charge in [-0.15, -0.1) is 0 Å². The summed E-state index contributed by atoms with van der Waals surface area (Å²) in [4.78, 5) is 2.81. The van der Waals surface area contributed by atoms with Crippen molar-refractivity contribution in [3.05, 3.63) is 0 Å². The average Bonchev–Trinajstić information content (AvgIpc) is 2.36. The van der Waals surface area contributed by atoms with Gasteiger partial charge in [0.15, 0.2) is 0 Å². The van der Waals surface area contributed by atoms with E-state index in [1.54, 1.807) is 0 Å². The molecule has 118 valence electrons. The van der Waals surface area contributed by atoms with Crippen LogP contribution in [0.3, 0.4) is 0 Å². The first-order valence-electron chi connectivity index (χ1n) is 8.94. The quantitative estimate of drug-likeness (QED) is 0.797. The van der Waals surface area contributed by atoms with Gasteiger partial charge in [0.25, 0.3) is 0 Å². The highest BCUT2D eigenvalue weighted by molar-refractivity contribution is 4.93. The van der Waals surface area contributed by atoms with Crippen LogP contribution in [-0.4, -0.2) is 36.6 Å². The third-order valence-electron chi connectivity index (χ3n) is 5.65. The van der Waals surface area contributed by atoms with Gasteiger partial charge in [-0.1, -0.05) is 34.6 Å². The van der Waals surface area contributed by atoms with Crippen LogP contribution in [0.2, 0.25) is 0 Å². The van der Waals surface area contributed by atoms with Crippen molar-refractivity contribution in [2.45, 2.75) is 72.4 Å². The lowest BCUT2D eigenvalue weighted by Gasteiger charge is -2.49. The van der Waals surface area contributed by atoms with Crippen molar-refractivity contribution in [3.8, 4) is 0 Å². The van der Waals surface area contributed by atoms with E-state index in [1.807, 2.05) is 0 Å². The summed E-state index contributed by atoms with van der Waals surface area (Å²) in [5.41, 5.74) is 0. The van der Waals surface area contributed by atoms with E-state index in [0.29, 0.717) is 0 Å². The fraction of sp³-hybridized carbons (Fsp3) is 1.00. The molecular weight excluding hydrogens is 244 g/mol. The first-order valence-corrected chi connectivity index (χ1v) is 8.94. The molecule has 0 radical (unpaired) electrons. The van der Waals surface area contributed by atoms with Crippen molar-refractivity contribution in [2.24, 2.45) is 23.7 Å². The van der Waals surface area contributed by atoms with Crippen LogP contribution >= 0.6 is 0 Å². The molecule has 1 N–H and O–H groups in total. The van der Waals surface area contributed by atoms with Crippen LogP contribution in [0.5, 0.6) is 0 Å². The fourth-order valence-electron chi connectivity index (χ4n) is 3.84. The van der Waals surface area contributed by atoms with Gasteiger partial charge >= 0.3 is 0 Å². The number of piperidine rings is 1. The highest BCUT2D eigenvalue weighted by Crippen LogP contribution is 2.35. The number of rotatable bonds is 6. The fourth-order valence-corrected chi connectivity index (χ4v) is 3.84. The molecule has 1 aliphatic heterocycles. The largest absolute Gasteiger partial charge is 0.313 e. The van der Waals surface area contributed by atoms with Crippen molar-refractivity contribution in [2.75, 3.05) is 19.6 Å². The van der Waals surface area contributed by atoms with Gasteiger partial charge < -0.3 is 5.32 Å². The number of likely N-dealkylation sites (tertiary alicyclic amines) is 1. The summed E-state index contributed by atoms with van der Waals surface area (Å²) in [6, 6.07) is 1.61. The monoisotopic (exact) mass is 280 g/mol. The highest BCUT2D eigenvalue weighted by Gasteiger charge is 2.37. The van der Waals surface area contributed by atoms with E-state index in [1.165, 1.54) is 45.3 Å². The third-order valence-corrected chi connectivity index (χ3v) is 5.65. The molecule has 0 bridgehead atoms. The molecule has 2 aliphatic rings. The minimum absolute atomic E-state index is 0.725. The molecule has 0 spiro atoms. The van der Waals surface area contributed by atoms with Gasteiger partial charge in [-0.05, 0) is 55.9 Å². The second kappa shape index (κ2) is 7.26. The number of nitrogens with one attached hydrogen (secondary N) is 1. The van der Waals surface area contributed by atoms with Gasteiger partial charge in [0.1, 0.15) is 0 Å². The van der Waals surface area contributed by atoms with Crippen LogP contribution in [0.4, 0.5) is 0 Å². The zero-order valence-corrected chi connectivity index (χ0v) is 14.4. The molecule has 2 rings (SSSR count). The first kappa shape index (κ1) is 16.3. The van der Waals surface area contributed by atoms with Gasteiger partial charge in [0, 0.05) is 25.2 Å². The Balaban J connectivity index is 1.87. The van der Waals surface area contributed by atoms with Crippen LogP contribution in [0.1, 0.15) is 60.3 Å². The first-order chi connectivity index (χ1) is 9.47. The lowest BCUT2D eigenvalue weighted by atomic mass is 9.77. The molecule has 4 atom stereocenters. The van der Waals surface area contributed by atoms with Crippen LogP contribution in [0.15, 0.2) is 0 Å². The van der Waals surface area contributed by atoms with E-state index in [2.05, 4.69) is 44.8 Å². The Morgan fingerprint density at radius 2 is 1.85 bits per heavy atom. The SMILES string of the molecule is CC(C)CCNC1CC(C(C)C)CN(C2CCC2C)C1. The molecule has 2 nitrogen and oxygen atoms in total. The molecule has 2 fully saturated rings. The van der Waals surface area contributed by atoms with Crippen LogP contribution in [0.25, 0.3) is 0 Å². The maximum absolute atomic E-state index is 3.84. The molecule has 4 unspecified atom stereocenters. The Morgan fingerprint density at radius 3 is 2.35 bits per heavy atom. The van der Waals surface area contributed by atoms with E-state index in [4.69, 9.17) is 0 Å². The molecule has 1 heterocycles. The summed E-state index contributed by atoms with van der Waals surface area (Å²) in [5, 5.41) is 3.84. The summed E-state index contributed by atoms with van der Waals surface area (Å²) in [7, 11) is 0. The van der Waals surface area contributed by atoms with Crippen molar-refractivity contribution in [1.29, 1.82) is 0 Å². The second-order valence-electron chi connectivity index (χ2n) is 8.15. The minimum Gasteiger partial charge on any atom is -0.313 e. The summed E-state index contributed by atoms with van der Waals surface area (Å²) >= 11 is 0.